The van der Waals surface area contributed by atoms with Crippen molar-refractivity contribution in [3.8, 4) is 6.07 Å². The predicted molar refractivity (Wildman–Crippen MR) is 442 cm³/mol. The monoisotopic (exact) mass is 1770 g/mol. The molecule has 0 radical (unpaired) electrons. The highest BCUT2D eigenvalue weighted by molar-refractivity contribution is 9.09. The molecule has 11 N–H and O–H groups in total. The standard InChI is InChI=1S/C15H24ClN3OSSi.C11H12ClN3O2S.C11H15N3O3S.C10H15NO4.C9H13N3O3S.C9H13N3O2S.C5H9BrO2/c1-15(2,3)22(5,6)20-8-7-10-9-17-13-11(10)12(16)18-14(19-13)21-4;1-6(16)17-4-3-7-5-13-10-8(7)9(12)14-11(15-10)18-2;1-6(15)17-4-3-7-5-12-9-8(7)10(16)14-11(13-9)18-2;1-3-14-9(12)8(6-11)7-4-5-15-10(7)13-2;1-14-8-4(2-3-15-8)5-6(10)11-9(16)12-7(5)13;1-15-9-11-7-6(8(14)12-9)5(2-3-13)4-10-7;1-7-5-4(6)2-3-8-5/h9H,7-8H2,1-6H3,(H,17,18,19);5H,3-4H2,1-2H3,(H,13,14,15);5,8-9,12H,3-4H2,1-2H3,(H,13,14,16);7-8,10H,3-5H2,1-2H3;4,8H,2-3H2,1H3,(H4,10,11,12,13,16);4,6-7,10,13H,2-3H2,1H3,(H,11,12,14);4-5H,2-3H2,1H3. The molecular formula is C70H101BrCl2N16O17S5Si. The number of amidine groups is 2. The summed E-state index contributed by atoms with van der Waals surface area (Å²) in [7, 11) is 2.99. The van der Waals surface area contributed by atoms with Gasteiger partial charge in [0.05, 0.1) is 66.9 Å². The fourth-order valence-corrected chi connectivity index (χ4v) is 15.8. The zero-order valence-corrected chi connectivity index (χ0v) is 73.3. The largest absolute Gasteiger partial charge is 0.466 e. The number of amides is 2. The number of nitrogens with zero attached hydrogens (tertiary/aromatic N) is 7. The molecule has 0 saturated carbocycles. The Morgan fingerprint density at radius 2 is 1.20 bits per heavy atom. The molecule has 618 valence electrons. The number of carbonyl (C=O) groups excluding carboxylic acids is 5. The highest BCUT2D eigenvalue weighted by Crippen LogP contribution is 2.38. The predicted octanol–water partition coefficient (Wildman–Crippen LogP) is 9.53. The summed E-state index contributed by atoms with van der Waals surface area (Å²) >= 11 is 26.4. The summed E-state index contributed by atoms with van der Waals surface area (Å²) in [5.41, 5.74) is 11.4. The van der Waals surface area contributed by atoms with E-state index in [1.807, 2.05) is 43.5 Å². The van der Waals surface area contributed by atoms with Crippen molar-refractivity contribution in [3.63, 3.8) is 0 Å². The molecule has 3 fully saturated rings. The van der Waals surface area contributed by atoms with Gasteiger partial charge in [-0.25, -0.2) is 29.9 Å². The van der Waals surface area contributed by atoms with E-state index in [9.17, 15) is 28.8 Å². The molecule has 12 rings (SSSR count). The summed E-state index contributed by atoms with van der Waals surface area (Å²) in [4.78, 5) is 106. The number of nitrogens with one attached hydrogen (secondary N) is 8. The summed E-state index contributed by atoms with van der Waals surface area (Å²) in [6, 6.07) is 1.96. The van der Waals surface area contributed by atoms with E-state index in [4.69, 9.17) is 98.6 Å². The molecule has 112 heavy (non-hydrogen) atoms. The Kier molecular flexibility index (Phi) is 39.3. The molecule has 11 unspecified atom stereocenters. The number of aliphatic hydroxyl groups excluding tert-OH is 1. The van der Waals surface area contributed by atoms with Crippen LogP contribution in [0.3, 0.4) is 0 Å². The third-order valence-corrected chi connectivity index (χ3v) is 26.9. The van der Waals surface area contributed by atoms with Crippen molar-refractivity contribution in [1.82, 2.24) is 61.1 Å². The van der Waals surface area contributed by atoms with Crippen LogP contribution in [0.25, 0.3) is 22.1 Å². The average molecular weight is 1780 g/mol. The number of esters is 3. The van der Waals surface area contributed by atoms with E-state index in [2.05, 4.69) is 121 Å². The normalized spacial score (nSPS) is 22.2. The maximum Gasteiger partial charge on any atom is 0.323 e. The van der Waals surface area contributed by atoms with Gasteiger partial charge in [-0.05, 0) is 129 Å². The Hall–Kier alpha value is -6.24. The van der Waals surface area contributed by atoms with Gasteiger partial charge in [0.15, 0.2) is 58.5 Å². The number of rotatable bonds is 21. The summed E-state index contributed by atoms with van der Waals surface area (Å²) in [6.45, 7) is 19.3. The molecule has 0 aromatic carbocycles. The number of nitrogen functional groups attached to an aromatic ring is 1. The Morgan fingerprint density at radius 3 is 1.63 bits per heavy atom. The van der Waals surface area contributed by atoms with Crippen LogP contribution in [-0.4, -0.2) is 229 Å². The van der Waals surface area contributed by atoms with E-state index >= 15 is 0 Å². The van der Waals surface area contributed by atoms with Crippen LogP contribution in [0.2, 0.25) is 28.4 Å². The van der Waals surface area contributed by atoms with Crippen LogP contribution in [0.5, 0.6) is 0 Å². The Balaban J connectivity index is 0.000000206. The van der Waals surface area contributed by atoms with Gasteiger partial charge in [-0.3, -0.25) is 33.8 Å². The lowest BCUT2D eigenvalue weighted by Crippen LogP contribution is -2.46. The van der Waals surface area contributed by atoms with Crippen molar-refractivity contribution >= 4 is 175 Å². The third kappa shape index (κ3) is 26.9. The fraction of sp³-hybridized carbons (Fsp3) is 0.600. The van der Waals surface area contributed by atoms with E-state index in [1.165, 1.54) is 68.0 Å². The molecule has 42 heteroatoms. The van der Waals surface area contributed by atoms with Crippen molar-refractivity contribution in [3.05, 3.63) is 78.1 Å². The second-order valence-corrected chi connectivity index (χ2v) is 36.9. The molecule has 5 aromatic heterocycles. The number of H-pyrrole nitrogens is 4. The third-order valence-electron chi connectivity index (χ3n) is 18.4. The maximum absolute atomic E-state index is 12.0. The number of aromatic amines is 4. The summed E-state index contributed by atoms with van der Waals surface area (Å²) in [5, 5.41) is 34.9. The molecule has 12 heterocycles. The molecule has 11 atom stereocenters. The number of hydrogen-bond acceptors (Lipinski definition) is 32. The van der Waals surface area contributed by atoms with Gasteiger partial charge in [0.1, 0.15) is 51.6 Å². The summed E-state index contributed by atoms with van der Waals surface area (Å²) in [5.74, 6) is -2.62. The number of ether oxygens (including phenoxy) is 9. The number of aliphatic hydroxyl groups is 1. The second-order valence-electron chi connectivity index (χ2n) is 26.6. The molecule has 3 saturated heterocycles. The average Bonchev–Trinajstić information content (AvgIpc) is 1.64. The number of halogens is 3. The summed E-state index contributed by atoms with van der Waals surface area (Å²) in [6.07, 6.45) is 18.5. The highest BCUT2D eigenvalue weighted by Gasteiger charge is 2.43. The first-order valence-corrected chi connectivity index (χ1v) is 45.4. The number of methoxy groups -OCH3 is 3. The van der Waals surface area contributed by atoms with Crippen molar-refractivity contribution in [1.29, 1.82) is 5.26 Å². The van der Waals surface area contributed by atoms with Crippen molar-refractivity contribution in [2.24, 2.45) is 33.7 Å². The van der Waals surface area contributed by atoms with E-state index in [1.54, 1.807) is 33.5 Å². The molecule has 0 aliphatic carbocycles. The van der Waals surface area contributed by atoms with Gasteiger partial charge in [0.2, 0.25) is 11.8 Å². The zero-order valence-electron chi connectivity index (χ0n) is 65.1. The topological polar surface area (TPSA) is 452 Å². The Bertz CT molecular complexity index is 4300. The molecule has 0 spiro atoms. The Morgan fingerprint density at radius 1 is 0.714 bits per heavy atom. The molecule has 7 aliphatic rings. The van der Waals surface area contributed by atoms with Crippen LogP contribution in [-0.2, 0) is 83.9 Å². The van der Waals surface area contributed by atoms with Crippen LogP contribution < -0.4 is 32.6 Å². The van der Waals surface area contributed by atoms with Gasteiger partial charge in [-0.1, -0.05) is 107 Å². The van der Waals surface area contributed by atoms with Crippen LogP contribution in [0, 0.1) is 39.8 Å². The molecule has 7 aliphatic heterocycles. The van der Waals surface area contributed by atoms with E-state index in [0.717, 1.165) is 58.1 Å². The smallest absolute Gasteiger partial charge is 0.323 e. The van der Waals surface area contributed by atoms with Crippen molar-refractivity contribution in [2.45, 2.75) is 157 Å². The van der Waals surface area contributed by atoms with Crippen molar-refractivity contribution < 1.29 is 76.1 Å². The number of thioether (sulfide) groups is 4. The minimum Gasteiger partial charge on any atom is -0.466 e. The lowest BCUT2D eigenvalue weighted by molar-refractivity contribution is -0.155. The first-order valence-electron chi connectivity index (χ1n) is 35.5. The number of nitriles is 1. The van der Waals surface area contributed by atoms with Gasteiger partial charge in [-0.15, -0.1) is 0 Å². The molecule has 2 amide bonds. The first-order chi connectivity index (χ1) is 53.4. The molecular weight excluding hydrogens is 1680 g/mol. The maximum atomic E-state index is 12.0. The van der Waals surface area contributed by atoms with E-state index < -0.39 is 32.8 Å². The number of fused-ring (bicyclic) bond motifs is 4. The quantitative estimate of drug-likeness (QED) is 0.00477. The molecule has 0 bridgehead atoms. The number of aromatic nitrogens is 8. The van der Waals surface area contributed by atoms with Crippen LogP contribution in [0.4, 0.5) is 5.82 Å². The number of carbonyl (C=O) groups is 5. The van der Waals surface area contributed by atoms with Crippen molar-refractivity contribution in [2.75, 3.05) is 105 Å². The van der Waals surface area contributed by atoms with Gasteiger partial charge in [0.25, 0.3) is 5.56 Å². The molecule has 33 nitrogen and oxygen atoms in total. The lowest BCUT2D eigenvalue weighted by atomic mass is 9.92. The van der Waals surface area contributed by atoms with E-state index in [0.29, 0.717) is 112 Å². The SMILES string of the molecule is CCOC(=O)C(C#N)C1CCOC1OC.COC1OCCC1Br.COC1OCCC1c1c(N)[nH]c(=S)[nH]c1=O.CSC1=NC2NC=C(CCO)C2C(=O)N1.CSC1=NC2NC=C(CCOC(C)=O)C2C(=O)N1.CSc1nc(Cl)c2c(CCOC(C)=O)c[nH]c2n1.CSc1nc(Cl)c2c(CCO[Si](C)(C)C(C)(C)C)c[nH]c2n1. The second kappa shape index (κ2) is 46.5. The number of aliphatic imine (C=N–C) groups is 2. The first kappa shape index (κ1) is 94.6. The Labute approximate surface area is 691 Å². The minimum absolute atomic E-state index is 0.0185. The van der Waals surface area contributed by atoms with Gasteiger partial charge in [0, 0.05) is 85.5 Å². The number of hydrogen-bond donors (Lipinski definition) is 10. The van der Waals surface area contributed by atoms with Gasteiger partial charge >= 0.3 is 17.9 Å². The van der Waals surface area contributed by atoms with Crippen LogP contribution >= 0.6 is 98.4 Å². The number of alkyl halides is 1. The number of anilines is 1. The van der Waals surface area contributed by atoms with Crippen LogP contribution in [0.1, 0.15) is 96.3 Å². The molecule has 5 aromatic rings. The fourth-order valence-electron chi connectivity index (χ4n) is 11.8. The van der Waals surface area contributed by atoms with E-state index in [-0.39, 0.29) is 100 Å². The zero-order chi connectivity index (χ0) is 82.6. The summed E-state index contributed by atoms with van der Waals surface area (Å²) < 4.78 is 52.0. The lowest BCUT2D eigenvalue weighted by Gasteiger charge is -2.36. The van der Waals surface area contributed by atoms with Gasteiger partial charge in [-0.2, -0.15) is 5.26 Å². The van der Waals surface area contributed by atoms with Crippen LogP contribution in [0.15, 0.2) is 61.0 Å². The number of nitrogens with two attached hydrogens (primary N) is 1. The van der Waals surface area contributed by atoms with Gasteiger partial charge < -0.3 is 94.1 Å². The highest BCUT2D eigenvalue weighted by atomic mass is 79.9. The minimum atomic E-state index is -1.71.